The van der Waals surface area contributed by atoms with E-state index in [9.17, 15) is 0 Å². The zero-order chi connectivity index (χ0) is 17.2. The molecule has 2 saturated heterocycles. The molecule has 0 unspecified atom stereocenters. The van der Waals surface area contributed by atoms with E-state index >= 15 is 0 Å². The molecule has 132 valence electrons. The summed E-state index contributed by atoms with van der Waals surface area (Å²) in [4.78, 5) is 5.44. The maximum absolute atomic E-state index is 2.72. The Hall–Kier alpha value is -1.64. The van der Waals surface area contributed by atoms with E-state index in [1.807, 2.05) is 0 Å². The first-order valence-electron chi connectivity index (χ1n) is 9.78. The minimum absolute atomic E-state index is 0.532. The molecule has 2 nitrogen and oxygen atoms in total. The number of fused-ring (bicyclic) bond motifs is 2. The molecule has 2 aromatic carbocycles. The van der Waals surface area contributed by atoms with Gasteiger partial charge in [-0.2, -0.15) is 0 Å². The van der Waals surface area contributed by atoms with Crippen molar-refractivity contribution in [1.29, 1.82) is 0 Å². The van der Waals surface area contributed by atoms with Gasteiger partial charge < -0.3 is 0 Å². The van der Waals surface area contributed by atoms with E-state index in [-0.39, 0.29) is 0 Å². The summed E-state index contributed by atoms with van der Waals surface area (Å²) in [7, 11) is 0. The molecule has 0 aliphatic carbocycles. The van der Waals surface area contributed by atoms with Gasteiger partial charge in [0.15, 0.2) is 0 Å². The van der Waals surface area contributed by atoms with Gasteiger partial charge in [0.1, 0.15) is 0 Å². The Morgan fingerprint density at radius 3 is 1.36 bits per heavy atom. The Labute approximate surface area is 152 Å². The second-order valence-corrected chi connectivity index (χ2v) is 8.05. The minimum Gasteiger partial charge on any atom is -0.296 e. The molecule has 0 aromatic heterocycles. The van der Waals surface area contributed by atoms with Gasteiger partial charge in [0.25, 0.3) is 0 Å². The lowest BCUT2D eigenvalue weighted by atomic mass is 9.82. The SMILES string of the molecule is C[C@@H](c1ccccc1)N1CC2CC(C1)CN([C@@H](C)c1ccccc1)C2. The third-order valence-corrected chi connectivity index (χ3v) is 6.30. The van der Waals surface area contributed by atoms with Gasteiger partial charge in [0.05, 0.1) is 0 Å². The van der Waals surface area contributed by atoms with Crippen LogP contribution in [0.1, 0.15) is 43.5 Å². The predicted molar refractivity (Wildman–Crippen MR) is 104 cm³/mol. The fourth-order valence-corrected chi connectivity index (χ4v) is 4.88. The van der Waals surface area contributed by atoms with Crippen molar-refractivity contribution in [1.82, 2.24) is 9.80 Å². The van der Waals surface area contributed by atoms with Gasteiger partial charge in [-0.05, 0) is 43.2 Å². The fraction of sp³-hybridized carbons (Fsp3) is 0.478. The lowest BCUT2D eigenvalue weighted by Crippen LogP contribution is -2.53. The molecule has 2 bridgehead atoms. The predicted octanol–water partition coefficient (Wildman–Crippen LogP) is 4.76. The third-order valence-electron chi connectivity index (χ3n) is 6.30. The van der Waals surface area contributed by atoms with E-state index in [1.54, 1.807) is 0 Å². The van der Waals surface area contributed by atoms with Crippen molar-refractivity contribution >= 4 is 0 Å². The quantitative estimate of drug-likeness (QED) is 0.795. The van der Waals surface area contributed by atoms with Crippen LogP contribution in [-0.2, 0) is 0 Å². The van der Waals surface area contributed by atoms with Gasteiger partial charge in [0, 0.05) is 38.3 Å². The summed E-state index contributed by atoms with van der Waals surface area (Å²) in [5, 5.41) is 0. The molecule has 2 aliphatic heterocycles. The molecule has 2 fully saturated rings. The van der Waals surface area contributed by atoms with E-state index < -0.39 is 0 Å². The van der Waals surface area contributed by atoms with E-state index in [4.69, 9.17) is 0 Å². The van der Waals surface area contributed by atoms with E-state index in [2.05, 4.69) is 84.3 Å². The van der Waals surface area contributed by atoms with Crippen molar-refractivity contribution in [2.75, 3.05) is 26.2 Å². The molecule has 2 heteroatoms. The molecule has 0 radical (unpaired) electrons. The normalized spacial score (nSPS) is 27.0. The lowest BCUT2D eigenvalue weighted by Gasteiger charge is -2.49. The molecule has 2 aromatic rings. The number of hydrogen-bond donors (Lipinski definition) is 0. The van der Waals surface area contributed by atoms with Crippen molar-refractivity contribution in [2.45, 2.75) is 32.4 Å². The van der Waals surface area contributed by atoms with Gasteiger partial charge >= 0.3 is 0 Å². The highest BCUT2D eigenvalue weighted by Crippen LogP contribution is 2.36. The molecule has 0 N–H and O–H groups in total. The highest BCUT2D eigenvalue weighted by Gasteiger charge is 2.37. The maximum atomic E-state index is 2.72. The van der Waals surface area contributed by atoms with Crippen molar-refractivity contribution in [3.8, 4) is 0 Å². The van der Waals surface area contributed by atoms with Crippen LogP contribution in [0, 0.1) is 11.8 Å². The molecule has 2 atom stereocenters. The first-order valence-corrected chi connectivity index (χ1v) is 9.78. The molecular formula is C23H30N2. The third kappa shape index (κ3) is 3.65. The average molecular weight is 335 g/mol. The molecule has 0 spiro atoms. The Bertz CT molecular complexity index is 598. The summed E-state index contributed by atoms with van der Waals surface area (Å²) < 4.78 is 0. The maximum Gasteiger partial charge on any atom is 0.0320 e. The van der Waals surface area contributed by atoms with Crippen LogP contribution in [0.4, 0.5) is 0 Å². The van der Waals surface area contributed by atoms with Crippen LogP contribution in [-0.4, -0.2) is 36.0 Å². The van der Waals surface area contributed by atoms with Gasteiger partial charge in [-0.1, -0.05) is 60.7 Å². The van der Waals surface area contributed by atoms with Crippen LogP contribution in [0.5, 0.6) is 0 Å². The van der Waals surface area contributed by atoms with Gasteiger partial charge in [-0.15, -0.1) is 0 Å². The first-order chi connectivity index (χ1) is 12.2. The van der Waals surface area contributed by atoms with Crippen molar-refractivity contribution in [3.05, 3.63) is 71.8 Å². The standard InChI is InChI=1S/C23H30N2/c1-18(22-9-5-3-6-10-22)24-14-20-13-21(15-24)17-25(16-20)19(2)23-11-7-4-8-12-23/h3-12,18-21H,13-17H2,1-2H3/t18-,19-,20?,21?/m0/s1. The van der Waals surface area contributed by atoms with Crippen molar-refractivity contribution < 1.29 is 0 Å². The smallest absolute Gasteiger partial charge is 0.0320 e. The summed E-state index contributed by atoms with van der Waals surface area (Å²) in [5.41, 5.74) is 2.91. The molecule has 0 saturated carbocycles. The summed E-state index contributed by atoms with van der Waals surface area (Å²) in [6.07, 6.45) is 1.41. The Balaban J connectivity index is 1.43. The van der Waals surface area contributed by atoms with Crippen LogP contribution in [0.2, 0.25) is 0 Å². The second-order valence-electron chi connectivity index (χ2n) is 8.05. The van der Waals surface area contributed by atoms with Crippen LogP contribution in [0.3, 0.4) is 0 Å². The lowest BCUT2D eigenvalue weighted by molar-refractivity contribution is -0.00101. The van der Waals surface area contributed by atoms with Gasteiger partial charge in [-0.25, -0.2) is 0 Å². The Morgan fingerprint density at radius 1 is 0.640 bits per heavy atom. The summed E-state index contributed by atoms with van der Waals surface area (Å²) >= 11 is 0. The number of rotatable bonds is 4. The second kappa shape index (κ2) is 7.31. The average Bonchev–Trinajstić information content (AvgIpc) is 2.67. The summed E-state index contributed by atoms with van der Waals surface area (Å²) in [5.74, 6) is 1.62. The number of nitrogens with zero attached hydrogens (tertiary/aromatic N) is 2. The van der Waals surface area contributed by atoms with Crippen LogP contribution in [0.15, 0.2) is 60.7 Å². The highest BCUT2D eigenvalue weighted by molar-refractivity contribution is 5.20. The molecular weight excluding hydrogens is 304 g/mol. The molecule has 2 aliphatic rings. The van der Waals surface area contributed by atoms with Crippen LogP contribution < -0.4 is 0 Å². The molecule has 2 heterocycles. The number of piperidine rings is 2. The number of benzene rings is 2. The zero-order valence-electron chi connectivity index (χ0n) is 15.5. The fourth-order valence-electron chi connectivity index (χ4n) is 4.88. The van der Waals surface area contributed by atoms with E-state index in [1.165, 1.54) is 43.7 Å². The number of hydrogen-bond acceptors (Lipinski definition) is 2. The van der Waals surface area contributed by atoms with E-state index in [0.717, 1.165) is 11.8 Å². The highest BCUT2D eigenvalue weighted by atomic mass is 15.2. The Kier molecular flexibility index (Phi) is 4.91. The molecule has 4 rings (SSSR count). The minimum atomic E-state index is 0.532. The van der Waals surface area contributed by atoms with E-state index in [0.29, 0.717) is 12.1 Å². The largest absolute Gasteiger partial charge is 0.296 e. The molecule has 0 amide bonds. The van der Waals surface area contributed by atoms with Gasteiger partial charge in [-0.3, -0.25) is 9.80 Å². The summed E-state index contributed by atoms with van der Waals surface area (Å²) in [6, 6.07) is 23.1. The topological polar surface area (TPSA) is 6.48 Å². The van der Waals surface area contributed by atoms with Gasteiger partial charge in [0.2, 0.25) is 0 Å². The zero-order valence-corrected chi connectivity index (χ0v) is 15.5. The van der Waals surface area contributed by atoms with Crippen molar-refractivity contribution in [3.63, 3.8) is 0 Å². The summed E-state index contributed by atoms with van der Waals surface area (Å²) in [6.45, 7) is 9.71. The molecule has 25 heavy (non-hydrogen) atoms. The monoisotopic (exact) mass is 334 g/mol. The van der Waals surface area contributed by atoms with Crippen LogP contribution >= 0.6 is 0 Å². The first kappa shape index (κ1) is 16.8. The van der Waals surface area contributed by atoms with Crippen LogP contribution in [0.25, 0.3) is 0 Å². The Morgan fingerprint density at radius 2 is 1.00 bits per heavy atom. The number of likely N-dealkylation sites (tertiary alicyclic amines) is 2. The van der Waals surface area contributed by atoms with Crippen molar-refractivity contribution in [2.24, 2.45) is 11.8 Å².